The van der Waals surface area contributed by atoms with E-state index in [1.807, 2.05) is 0 Å². The Morgan fingerprint density at radius 3 is 2.78 bits per heavy atom. The largest absolute Gasteiger partial charge is 0.438 e. The van der Waals surface area contributed by atoms with E-state index in [2.05, 4.69) is 19.9 Å². The zero-order chi connectivity index (χ0) is 13.0. The number of nitrogens with zero attached hydrogens (tertiary/aromatic N) is 1. The van der Waals surface area contributed by atoms with Crippen LogP contribution in [0.25, 0.3) is 0 Å². The third kappa shape index (κ3) is 3.46. The molecule has 3 N–H and O–H groups in total. The number of aromatic nitrogens is 2. The molecular formula is C11H20BN3O3. The molecule has 1 aromatic rings. The second-order valence-electron chi connectivity index (χ2n) is 5.34. The predicted molar refractivity (Wildman–Crippen MR) is 68.2 cm³/mol. The Morgan fingerprint density at radius 2 is 2.22 bits per heavy atom. The number of hydrogen-bond donors (Lipinski definition) is 3. The van der Waals surface area contributed by atoms with Crippen molar-refractivity contribution in [3.05, 3.63) is 16.4 Å². The van der Waals surface area contributed by atoms with E-state index in [-0.39, 0.29) is 5.41 Å². The highest BCUT2D eigenvalue weighted by Crippen LogP contribution is 2.38. The summed E-state index contributed by atoms with van der Waals surface area (Å²) in [5.41, 5.74) is 0.0645. The summed E-state index contributed by atoms with van der Waals surface area (Å²) in [6.07, 6.45) is 6.49. The van der Waals surface area contributed by atoms with Crippen LogP contribution < -0.4 is 11.0 Å². The molecule has 1 heterocycles. The molecule has 1 aliphatic carbocycles. The SMILES string of the molecule is CB(O)NCC1(Cc2noc(=O)[nH]2)CCCCC1. The van der Waals surface area contributed by atoms with Crippen molar-refractivity contribution in [2.45, 2.75) is 45.3 Å². The summed E-state index contributed by atoms with van der Waals surface area (Å²) in [5, 5.41) is 16.2. The van der Waals surface area contributed by atoms with Crippen LogP contribution in [0.15, 0.2) is 9.32 Å². The molecule has 2 rings (SSSR count). The first-order chi connectivity index (χ1) is 8.60. The molecule has 1 saturated carbocycles. The van der Waals surface area contributed by atoms with Crippen molar-refractivity contribution in [2.24, 2.45) is 5.41 Å². The number of hydrogen-bond acceptors (Lipinski definition) is 5. The van der Waals surface area contributed by atoms with Crippen LogP contribution in [-0.2, 0) is 6.42 Å². The molecule has 6 nitrogen and oxygen atoms in total. The lowest BCUT2D eigenvalue weighted by molar-refractivity contribution is 0.183. The number of H-pyrrole nitrogens is 1. The van der Waals surface area contributed by atoms with E-state index < -0.39 is 12.8 Å². The minimum Gasteiger partial charge on any atom is -0.437 e. The quantitative estimate of drug-likeness (QED) is 0.667. The molecule has 0 saturated heterocycles. The van der Waals surface area contributed by atoms with Crippen LogP contribution in [0.4, 0.5) is 0 Å². The summed E-state index contributed by atoms with van der Waals surface area (Å²) in [7, 11) is -0.514. The monoisotopic (exact) mass is 253 g/mol. The van der Waals surface area contributed by atoms with Gasteiger partial charge in [0.25, 0.3) is 0 Å². The van der Waals surface area contributed by atoms with Crippen LogP contribution >= 0.6 is 0 Å². The Hall–Kier alpha value is -1.08. The van der Waals surface area contributed by atoms with E-state index in [9.17, 15) is 9.82 Å². The van der Waals surface area contributed by atoms with Gasteiger partial charge in [-0.15, -0.1) is 0 Å². The Labute approximate surface area is 106 Å². The average Bonchev–Trinajstić information content (AvgIpc) is 2.73. The van der Waals surface area contributed by atoms with Crippen molar-refractivity contribution in [1.82, 2.24) is 15.4 Å². The fourth-order valence-electron chi connectivity index (χ4n) is 2.77. The van der Waals surface area contributed by atoms with Gasteiger partial charge in [0.1, 0.15) is 0 Å². The van der Waals surface area contributed by atoms with Gasteiger partial charge in [-0.3, -0.25) is 9.51 Å². The van der Waals surface area contributed by atoms with Crippen molar-refractivity contribution in [3.63, 3.8) is 0 Å². The van der Waals surface area contributed by atoms with Crippen molar-refractivity contribution >= 4 is 7.05 Å². The smallest absolute Gasteiger partial charge is 0.437 e. The van der Waals surface area contributed by atoms with Gasteiger partial charge < -0.3 is 10.3 Å². The molecule has 0 radical (unpaired) electrons. The lowest BCUT2D eigenvalue weighted by Gasteiger charge is -2.37. The highest BCUT2D eigenvalue weighted by atomic mass is 16.5. The molecule has 1 aromatic heterocycles. The summed E-state index contributed by atoms with van der Waals surface area (Å²) in [6.45, 7) is 2.45. The predicted octanol–water partition coefficient (Wildman–Crippen LogP) is 0.556. The Bertz CT molecular complexity index is 423. The minimum atomic E-state index is -0.514. The van der Waals surface area contributed by atoms with Crippen LogP contribution in [-0.4, -0.2) is 28.8 Å². The van der Waals surface area contributed by atoms with E-state index in [1.165, 1.54) is 19.3 Å². The number of rotatable bonds is 5. The number of nitrogens with one attached hydrogen (secondary N) is 2. The fourth-order valence-corrected chi connectivity index (χ4v) is 2.77. The Morgan fingerprint density at radius 1 is 1.50 bits per heavy atom. The molecular weight excluding hydrogens is 233 g/mol. The molecule has 100 valence electrons. The molecule has 0 unspecified atom stereocenters. The van der Waals surface area contributed by atoms with Gasteiger partial charge >= 0.3 is 12.8 Å². The first-order valence-corrected chi connectivity index (χ1v) is 6.56. The second-order valence-corrected chi connectivity index (χ2v) is 5.34. The van der Waals surface area contributed by atoms with Gasteiger partial charge in [0.15, 0.2) is 5.82 Å². The van der Waals surface area contributed by atoms with E-state index in [1.54, 1.807) is 6.82 Å². The lowest BCUT2D eigenvalue weighted by atomic mass is 9.70. The molecule has 0 atom stereocenters. The van der Waals surface area contributed by atoms with Gasteiger partial charge in [-0.05, 0) is 31.6 Å². The molecule has 7 heteroatoms. The van der Waals surface area contributed by atoms with Crippen molar-refractivity contribution in [3.8, 4) is 0 Å². The zero-order valence-corrected chi connectivity index (χ0v) is 10.7. The molecule has 0 spiro atoms. The van der Waals surface area contributed by atoms with E-state index in [4.69, 9.17) is 0 Å². The normalized spacial score (nSPS) is 18.8. The summed E-state index contributed by atoms with van der Waals surface area (Å²) < 4.78 is 4.55. The van der Waals surface area contributed by atoms with Crippen LogP contribution in [0, 0.1) is 5.41 Å². The maximum Gasteiger partial charge on any atom is 0.438 e. The summed E-state index contributed by atoms with van der Waals surface area (Å²) >= 11 is 0. The zero-order valence-electron chi connectivity index (χ0n) is 10.7. The van der Waals surface area contributed by atoms with E-state index in [0.29, 0.717) is 12.2 Å². The van der Waals surface area contributed by atoms with Crippen LogP contribution in [0.5, 0.6) is 0 Å². The Balaban J connectivity index is 2.06. The van der Waals surface area contributed by atoms with Crippen molar-refractivity contribution < 1.29 is 9.55 Å². The molecule has 0 amide bonds. The van der Waals surface area contributed by atoms with Gasteiger partial charge in [-0.1, -0.05) is 24.4 Å². The van der Waals surface area contributed by atoms with Gasteiger partial charge in [0.05, 0.1) is 0 Å². The molecule has 0 aliphatic heterocycles. The van der Waals surface area contributed by atoms with Crippen LogP contribution in [0.3, 0.4) is 0 Å². The molecule has 0 aromatic carbocycles. The van der Waals surface area contributed by atoms with E-state index in [0.717, 1.165) is 19.4 Å². The lowest BCUT2D eigenvalue weighted by Crippen LogP contribution is -2.43. The topological polar surface area (TPSA) is 91.2 Å². The van der Waals surface area contributed by atoms with Crippen molar-refractivity contribution in [1.29, 1.82) is 0 Å². The van der Waals surface area contributed by atoms with Crippen LogP contribution in [0.1, 0.15) is 37.9 Å². The van der Waals surface area contributed by atoms with E-state index >= 15 is 0 Å². The molecule has 18 heavy (non-hydrogen) atoms. The second kappa shape index (κ2) is 5.71. The van der Waals surface area contributed by atoms with Gasteiger partial charge in [0.2, 0.25) is 0 Å². The summed E-state index contributed by atoms with van der Waals surface area (Å²) in [5.74, 6) is 0.105. The first-order valence-electron chi connectivity index (χ1n) is 6.56. The minimum absolute atomic E-state index is 0.0645. The molecule has 0 bridgehead atoms. The van der Waals surface area contributed by atoms with Gasteiger partial charge in [-0.2, -0.15) is 0 Å². The number of aromatic amines is 1. The fraction of sp³-hybridized carbons (Fsp3) is 0.818. The summed E-state index contributed by atoms with van der Waals surface area (Å²) in [6, 6.07) is 0. The average molecular weight is 253 g/mol. The summed E-state index contributed by atoms with van der Waals surface area (Å²) in [4.78, 5) is 13.6. The van der Waals surface area contributed by atoms with Crippen molar-refractivity contribution in [2.75, 3.05) is 6.54 Å². The van der Waals surface area contributed by atoms with Gasteiger partial charge in [0, 0.05) is 6.42 Å². The first kappa shape index (κ1) is 13.4. The maximum atomic E-state index is 11.0. The Kier molecular flexibility index (Phi) is 4.24. The highest BCUT2D eigenvalue weighted by molar-refractivity contribution is 6.45. The van der Waals surface area contributed by atoms with Crippen LogP contribution in [0.2, 0.25) is 6.82 Å². The third-order valence-corrected chi connectivity index (χ3v) is 3.71. The maximum absolute atomic E-state index is 11.0. The van der Waals surface area contributed by atoms with Gasteiger partial charge in [-0.25, -0.2) is 4.79 Å². The molecule has 1 aliphatic rings. The highest BCUT2D eigenvalue weighted by Gasteiger charge is 2.33. The standard InChI is InChI=1S/C11H20BN3O3/c1-12(17)13-8-11(5-3-2-4-6-11)7-9-14-10(16)18-15-9/h13,17H,2-8H2,1H3,(H,14,15,16). The molecule has 1 fully saturated rings. The third-order valence-electron chi connectivity index (χ3n) is 3.71.